The monoisotopic (exact) mass is 1080 g/mol. The highest BCUT2D eigenvalue weighted by molar-refractivity contribution is 7.15. The van der Waals surface area contributed by atoms with Crippen LogP contribution in [0.2, 0.25) is 0 Å². The first-order chi connectivity index (χ1) is 35.0. The van der Waals surface area contributed by atoms with Gasteiger partial charge in [0, 0.05) is 86.2 Å². The minimum Gasteiger partial charge on any atom is -0.336 e. The number of thiazole rings is 2. The molecule has 422 valence electrons. The molecule has 0 bridgehead atoms. The van der Waals surface area contributed by atoms with Gasteiger partial charge in [0.1, 0.15) is 6.33 Å². The number of rotatable bonds is 2. The summed E-state index contributed by atoms with van der Waals surface area (Å²) in [5.41, 5.74) is 12.9. The molecule has 0 aliphatic carbocycles. The molecule has 0 saturated carbocycles. The summed E-state index contributed by atoms with van der Waals surface area (Å²) in [4.78, 5) is 36.4. The molecule has 0 amide bonds. The lowest BCUT2D eigenvalue weighted by Gasteiger charge is -2.20. The van der Waals surface area contributed by atoms with E-state index in [0.29, 0.717) is 5.41 Å². The summed E-state index contributed by atoms with van der Waals surface area (Å²) in [6, 6.07) is 20.8. The Hall–Kier alpha value is -5.52. The Morgan fingerprint density at radius 3 is 1.30 bits per heavy atom. The second kappa shape index (κ2) is 30.0. The van der Waals surface area contributed by atoms with Crippen LogP contribution in [-0.2, 0) is 37.9 Å². The maximum Gasteiger partial charge on any atom is 0.187 e. The fourth-order valence-electron chi connectivity index (χ4n) is 7.02. The number of hydrogen-bond acceptors (Lipinski definition) is 11. The van der Waals surface area contributed by atoms with E-state index in [9.17, 15) is 0 Å². The highest BCUT2D eigenvalue weighted by Gasteiger charge is 2.20. The molecule has 0 atom stereocenters. The Bertz CT molecular complexity index is 2660. The third kappa shape index (κ3) is 27.6. The average molecular weight is 1080 g/mol. The van der Waals surface area contributed by atoms with Gasteiger partial charge in [0.15, 0.2) is 5.13 Å². The second-order valence-corrected chi connectivity index (χ2v) is 28.9. The first-order valence-electron chi connectivity index (χ1n) is 26.8. The molecule has 77 heavy (non-hydrogen) atoms. The summed E-state index contributed by atoms with van der Waals surface area (Å²) < 4.78 is 0. The van der Waals surface area contributed by atoms with E-state index in [1.54, 1.807) is 41.4 Å². The molecule has 0 radical (unpaired) electrons. The number of aryl methyl sites for hydroxylation is 5. The first kappa shape index (κ1) is 69.5. The number of anilines is 1. The molecule has 6 aromatic heterocycles. The van der Waals surface area contributed by atoms with Gasteiger partial charge in [0.05, 0.1) is 16.4 Å². The summed E-state index contributed by atoms with van der Waals surface area (Å²) in [6.45, 7) is 61.8. The van der Waals surface area contributed by atoms with Crippen LogP contribution in [0.1, 0.15) is 218 Å². The van der Waals surface area contributed by atoms with Crippen molar-refractivity contribution in [1.82, 2.24) is 39.9 Å². The van der Waals surface area contributed by atoms with E-state index in [-0.39, 0.29) is 32.5 Å². The lowest BCUT2D eigenvalue weighted by atomic mass is 9.86. The molecule has 6 heterocycles. The summed E-state index contributed by atoms with van der Waals surface area (Å²) in [5.74, 6) is 0. The molecule has 0 saturated heterocycles. The molecule has 0 fully saturated rings. The van der Waals surface area contributed by atoms with Crippen LogP contribution in [0.3, 0.4) is 0 Å². The number of nitrogens with zero attached hydrogens (tertiary/aromatic N) is 8. The van der Waals surface area contributed by atoms with E-state index in [1.807, 2.05) is 71.5 Å². The maximum absolute atomic E-state index is 4.44. The van der Waals surface area contributed by atoms with Crippen molar-refractivity contribution in [3.8, 4) is 0 Å². The molecule has 0 unspecified atom stereocenters. The van der Waals surface area contributed by atoms with Crippen molar-refractivity contribution in [2.24, 2.45) is 0 Å². The van der Waals surface area contributed by atoms with Gasteiger partial charge in [-0.15, -0.1) is 22.7 Å². The van der Waals surface area contributed by atoms with Crippen LogP contribution in [0, 0.1) is 34.6 Å². The van der Waals surface area contributed by atoms with Crippen LogP contribution in [0.15, 0.2) is 116 Å². The van der Waals surface area contributed by atoms with Gasteiger partial charge in [0.25, 0.3) is 0 Å². The van der Waals surface area contributed by atoms with E-state index in [4.69, 9.17) is 0 Å². The quantitative estimate of drug-likeness (QED) is 0.181. The van der Waals surface area contributed by atoms with Gasteiger partial charge >= 0.3 is 0 Å². The van der Waals surface area contributed by atoms with E-state index in [2.05, 4.69) is 253 Å². The number of aromatic nitrogens is 8. The molecule has 0 spiro atoms. The van der Waals surface area contributed by atoms with Gasteiger partial charge in [-0.05, 0) is 104 Å². The van der Waals surface area contributed by atoms with Gasteiger partial charge in [-0.2, -0.15) is 0 Å². The zero-order valence-electron chi connectivity index (χ0n) is 52.9. The number of benzene rings is 1. The predicted octanol–water partition coefficient (Wildman–Crippen LogP) is 18.7. The minimum absolute atomic E-state index is 0.109. The maximum atomic E-state index is 4.44. The van der Waals surface area contributed by atoms with Crippen molar-refractivity contribution in [2.45, 2.75) is 225 Å². The van der Waals surface area contributed by atoms with Crippen molar-refractivity contribution in [3.63, 3.8) is 0 Å². The summed E-state index contributed by atoms with van der Waals surface area (Å²) >= 11 is 3.47. The summed E-state index contributed by atoms with van der Waals surface area (Å²) in [5, 5.41) is 5.20. The topological polar surface area (TPSA) is 115 Å². The standard InChI is InChI=1S/C10H16N2S.2C10H15N.C10H14.2C9H14N2.C8H13NS/c1-7(2)12-9-11-6-8(13-9)10(3,4)5;1-8-9(10(2,3)4)6-5-7-11-8;1-8-6-5-7-9(11-8)10(2,3)4;1-10(2,3)9-7-5-4-6-8-9;1-7-8(9(2,3)4)5-10-6-11-7;1-7-8(9(2,3)4)11-6-5-10-7;1-6-9-5-7(10-6)8(2,3)4/h6H,1H2,2-5H3,(H,11,12);2*5-7H,1-4H3;4-8H,1-3H3;2*5-6H,1-4H3;5H,1-4H3. The Morgan fingerprint density at radius 2 is 0.961 bits per heavy atom. The van der Waals surface area contributed by atoms with Crippen LogP contribution < -0.4 is 5.32 Å². The van der Waals surface area contributed by atoms with E-state index < -0.39 is 0 Å². The Labute approximate surface area is 477 Å². The van der Waals surface area contributed by atoms with Gasteiger partial charge < -0.3 is 5.32 Å². The molecule has 1 N–H and O–H groups in total. The minimum atomic E-state index is 0.109. The molecular weight excluding hydrogens is 983 g/mol. The molecule has 7 aromatic rings. The highest BCUT2D eigenvalue weighted by atomic mass is 32.1. The van der Waals surface area contributed by atoms with Crippen molar-refractivity contribution in [3.05, 3.63) is 182 Å². The largest absolute Gasteiger partial charge is 0.336 e. The lowest BCUT2D eigenvalue weighted by Crippen LogP contribution is -2.15. The van der Waals surface area contributed by atoms with Crippen molar-refractivity contribution >= 4 is 27.8 Å². The smallest absolute Gasteiger partial charge is 0.187 e. The second-order valence-electron chi connectivity index (χ2n) is 26.6. The van der Waals surface area contributed by atoms with Crippen LogP contribution in [0.25, 0.3) is 0 Å². The molecule has 11 heteroatoms. The van der Waals surface area contributed by atoms with Gasteiger partial charge in [-0.3, -0.25) is 19.9 Å². The zero-order chi connectivity index (χ0) is 59.4. The summed E-state index contributed by atoms with van der Waals surface area (Å²) in [7, 11) is 0. The summed E-state index contributed by atoms with van der Waals surface area (Å²) in [6.07, 6.45) is 12.7. The van der Waals surface area contributed by atoms with E-state index in [0.717, 1.165) is 50.0 Å². The lowest BCUT2D eigenvalue weighted by molar-refractivity contribution is 0.559. The number of hydrogen-bond donors (Lipinski definition) is 1. The molecule has 1 aromatic carbocycles. The molecule has 9 nitrogen and oxygen atoms in total. The van der Waals surface area contributed by atoms with Crippen LogP contribution >= 0.6 is 22.7 Å². The first-order valence-corrected chi connectivity index (χ1v) is 28.5. The van der Waals surface area contributed by atoms with Crippen molar-refractivity contribution in [1.29, 1.82) is 0 Å². The van der Waals surface area contributed by atoms with Crippen LogP contribution in [0.5, 0.6) is 0 Å². The Morgan fingerprint density at radius 1 is 0.442 bits per heavy atom. The predicted molar refractivity (Wildman–Crippen MR) is 336 cm³/mol. The van der Waals surface area contributed by atoms with Crippen molar-refractivity contribution in [2.75, 3.05) is 5.32 Å². The highest BCUT2D eigenvalue weighted by Crippen LogP contribution is 2.31. The van der Waals surface area contributed by atoms with Gasteiger partial charge in [-0.25, -0.2) is 19.9 Å². The fourth-order valence-corrected chi connectivity index (χ4v) is 8.80. The van der Waals surface area contributed by atoms with E-state index >= 15 is 0 Å². The molecule has 0 aliphatic heterocycles. The fraction of sp³-hybridized carbons (Fsp3) is 0.515. The molecular formula is C66H101N9S2. The third-order valence-corrected chi connectivity index (χ3v) is 14.0. The van der Waals surface area contributed by atoms with E-state index in [1.165, 1.54) is 26.4 Å². The average Bonchev–Trinajstić information content (AvgIpc) is 3.96. The number of allylic oxidation sites excluding steroid dienone is 1. The SMILES string of the molecule is C=C(C)Nc1ncc(C(C)(C)C)s1.CC(C)(C)c1ccccc1.Cc1cccc(C(C)(C)C)n1.Cc1ncc(C(C)(C)C)s1.Cc1ncccc1C(C)(C)C.Cc1nccnc1C(C)(C)C.Cc1ncncc1C(C)(C)C. The van der Waals surface area contributed by atoms with Gasteiger partial charge in [0.2, 0.25) is 0 Å². The van der Waals surface area contributed by atoms with Crippen LogP contribution in [0.4, 0.5) is 5.13 Å². The number of nitrogens with one attached hydrogen (secondary N) is 1. The molecule has 7 rings (SSSR count). The van der Waals surface area contributed by atoms with Gasteiger partial charge in [-0.1, -0.05) is 194 Å². The number of pyridine rings is 2. The van der Waals surface area contributed by atoms with Crippen LogP contribution in [-0.4, -0.2) is 39.9 Å². The normalized spacial score (nSPS) is 11.6. The third-order valence-electron chi connectivity index (χ3n) is 11.3. The zero-order valence-corrected chi connectivity index (χ0v) is 54.5. The molecule has 0 aliphatic rings. The Kier molecular flexibility index (Phi) is 27.1. The van der Waals surface area contributed by atoms with Crippen molar-refractivity contribution < 1.29 is 0 Å². The Balaban J connectivity index is 0.000000450.